The molecule has 1 aromatic heterocycles. The lowest BCUT2D eigenvalue weighted by molar-refractivity contribution is 0.0989. The molecule has 1 amide bonds. The molecule has 0 spiro atoms. The summed E-state index contributed by atoms with van der Waals surface area (Å²) in [5.74, 6) is -0.251. The molecule has 166 valence electrons. The molecule has 1 aliphatic carbocycles. The average Bonchev–Trinajstić information content (AvgIpc) is 3.01. The predicted molar refractivity (Wildman–Crippen MR) is 124 cm³/mol. The molecule has 0 radical (unpaired) electrons. The number of sulfonamides is 1. The van der Waals surface area contributed by atoms with Gasteiger partial charge in [-0.25, -0.2) is 13.4 Å². The molecule has 1 fully saturated rings. The average molecular weight is 460 g/mol. The number of amides is 1. The third-order valence-corrected chi connectivity index (χ3v) is 8.98. The molecule has 2 aromatic rings. The zero-order valence-electron chi connectivity index (χ0n) is 17.8. The first kappa shape index (κ1) is 22.2. The van der Waals surface area contributed by atoms with Crippen molar-refractivity contribution in [3.05, 3.63) is 53.1 Å². The Morgan fingerprint density at radius 2 is 1.87 bits per heavy atom. The van der Waals surface area contributed by atoms with Crippen molar-refractivity contribution in [3.8, 4) is 0 Å². The van der Waals surface area contributed by atoms with Crippen LogP contribution in [0.5, 0.6) is 0 Å². The van der Waals surface area contributed by atoms with Gasteiger partial charge in [0.1, 0.15) is 0 Å². The van der Waals surface area contributed by atoms with E-state index in [9.17, 15) is 13.2 Å². The monoisotopic (exact) mass is 459 g/mol. The van der Waals surface area contributed by atoms with Gasteiger partial charge in [-0.2, -0.15) is 4.31 Å². The second kappa shape index (κ2) is 9.63. The van der Waals surface area contributed by atoms with E-state index in [1.165, 1.54) is 10.9 Å². The van der Waals surface area contributed by atoms with Crippen LogP contribution in [-0.2, 0) is 22.9 Å². The Balaban J connectivity index is 1.62. The van der Waals surface area contributed by atoms with E-state index in [0.29, 0.717) is 30.3 Å². The molecule has 1 aliphatic heterocycles. The van der Waals surface area contributed by atoms with Gasteiger partial charge < -0.3 is 0 Å². The van der Waals surface area contributed by atoms with Gasteiger partial charge >= 0.3 is 0 Å². The molecule has 31 heavy (non-hydrogen) atoms. The Hall–Kier alpha value is -2.03. The summed E-state index contributed by atoms with van der Waals surface area (Å²) in [6, 6.07) is 6.41. The summed E-state index contributed by atoms with van der Waals surface area (Å²) < 4.78 is 27.9. The first-order chi connectivity index (χ1) is 15.0. The Kier molecular flexibility index (Phi) is 6.89. The van der Waals surface area contributed by atoms with Crippen molar-refractivity contribution in [1.29, 1.82) is 0 Å². The second-order valence-electron chi connectivity index (χ2n) is 8.12. The van der Waals surface area contributed by atoms with Crippen molar-refractivity contribution < 1.29 is 13.2 Å². The highest BCUT2D eigenvalue weighted by Crippen LogP contribution is 2.32. The molecule has 0 N–H and O–H groups in total. The van der Waals surface area contributed by atoms with Crippen LogP contribution in [0.25, 0.3) is 0 Å². The molecular formula is C23H29N3O3S2. The SMILES string of the molecule is C=CCN(C(=O)c1cccc(S(=O)(=O)N2CCCCCC2)c1)c1nc2c(s1)CCCC2. The standard InChI is InChI=1S/C23H29N3O3S2/c1-2-14-26(23-24-20-12-5-6-13-21(20)30-23)22(27)18-10-9-11-19(17-18)31(28,29)25-15-7-3-4-8-16-25/h2,9-11,17H,1,3-8,12-16H2. The predicted octanol–water partition coefficient (Wildman–Crippen LogP) is 4.42. The van der Waals surface area contributed by atoms with Crippen LogP contribution in [0.15, 0.2) is 41.8 Å². The number of rotatable bonds is 6. The molecule has 1 aromatic carbocycles. The molecule has 6 nitrogen and oxygen atoms in total. The zero-order chi connectivity index (χ0) is 21.8. The fourth-order valence-electron chi connectivity index (χ4n) is 4.21. The number of hydrogen-bond acceptors (Lipinski definition) is 5. The summed E-state index contributed by atoms with van der Waals surface area (Å²) in [5, 5.41) is 0.664. The Labute approximate surface area is 188 Å². The van der Waals surface area contributed by atoms with Gasteiger partial charge in [-0.05, 0) is 56.7 Å². The third kappa shape index (κ3) is 4.76. The Morgan fingerprint density at radius 3 is 2.58 bits per heavy atom. The van der Waals surface area contributed by atoms with E-state index in [0.717, 1.165) is 57.1 Å². The van der Waals surface area contributed by atoms with E-state index in [2.05, 4.69) is 6.58 Å². The first-order valence-corrected chi connectivity index (χ1v) is 13.3. The highest BCUT2D eigenvalue weighted by molar-refractivity contribution is 7.89. The van der Waals surface area contributed by atoms with Crippen LogP contribution in [-0.4, -0.2) is 43.2 Å². The van der Waals surface area contributed by atoms with Gasteiger partial charge in [0.2, 0.25) is 10.0 Å². The molecule has 2 aliphatic rings. The number of fused-ring (bicyclic) bond motifs is 1. The Bertz CT molecular complexity index is 1030. The summed E-state index contributed by atoms with van der Waals surface area (Å²) in [7, 11) is -3.62. The van der Waals surface area contributed by atoms with Gasteiger partial charge in [0.05, 0.1) is 10.6 Å². The molecule has 8 heteroatoms. The number of thiazole rings is 1. The highest BCUT2D eigenvalue weighted by atomic mass is 32.2. The molecule has 0 atom stereocenters. The number of aromatic nitrogens is 1. The number of benzene rings is 1. The molecule has 0 saturated carbocycles. The molecular weight excluding hydrogens is 430 g/mol. The number of hydrogen-bond donors (Lipinski definition) is 0. The second-order valence-corrected chi connectivity index (χ2v) is 11.1. The largest absolute Gasteiger partial charge is 0.280 e. The maximum absolute atomic E-state index is 13.4. The van der Waals surface area contributed by atoms with Crippen LogP contribution in [0.4, 0.5) is 5.13 Å². The lowest BCUT2D eigenvalue weighted by Gasteiger charge is -2.21. The van der Waals surface area contributed by atoms with Crippen molar-refractivity contribution in [2.45, 2.75) is 56.3 Å². The summed E-state index contributed by atoms with van der Waals surface area (Å²) >= 11 is 1.56. The van der Waals surface area contributed by atoms with Gasteiger partial charge in [-0.3, -0.25) is 9.69 Å². The number of anilines is 1. The van der Waals surface area contributed by atoms with E-state index in [1.54, 1.807) is 44.8 Å². The molecule has 0 unspecified atom stereocenters. The smallest absolute Gasteiger partial charge is 0.260 e. The highest BCUT2D eigenvalue weighted by Gasteiger charge is 2.28. The minimum Gasteiger partial charge on any atom is -0.280 e. The van der Waals surface area contributed by atoms with Crippen LogP contribution in [0.2, 0.25) is 0 Å². The van der Waals surface area contributed by atoms with Gasteiger partial charge in [-0.15, -0.1) is 17.9 Å². The van der Waals surface area contributed by atoms with Crippen LogP contribution < -0.4 is 4.90 Å². The first-order valence-electron chi connectivity index (χ1n) is 11.0. The quantitative estimate of drug-likeness (QED) is 0.600. The van der Waals surface area contributed by atoms with Crippen molar-refractivity contribution in [3.63, 3.8) is 0 Å². The van der Waals surface area contributed by atoms with Gasteiger partial charge in [0, 0.05) is 30.1 Å². The summed E-state index contributed by atoms with van der Waals surface area (Å²) in [4.78, 5) is 21.1. The van der Waals surface area contributed by atoms with Gasteiger partial charge in [0.15, 0.2) is 5.13 Å². The van der Waals surface area contributed by atoms with Crippen molar-refractivity contribution in [2.24, 2.45) is 0 Å². The molecule has 2 heterocycles. The van der Waals surface area contributed by atoms with Crippen LogP contribution in [0, 0.1) is 0 Å². The van der Waals surface area contributed by atoms with Crippen LogP contribution >= 0.6 is 11.3 Å². The van der Waals surface area contributed by atoms with E-state index in [1.807, 2.05) is 0 Å². The topological polar surface area (TPSA) is 70.6 Å². The van der Waals surface area contributed by atoms with E-state index in [4.69, 9.17) is 4.98 Å². The van der Waals surface area contributed by atoms with E-state index < -0.39 is 10.0 Å². The third-order valence-electron chi connectivity index (χ3n) is 5.91. The van der Waals surface area contributed by atoms with Crippen molar-refractivity contribution >= 4 is 32.4 Å². The summed E-state index contributed by atoms with van der Waals surface area (Å²) in [5.41, 5.74) is 1.44. The number of carbonyl (C=O) groups excluding carboxylic acids is 1. The molecule has 0 bridgehead atoms. The minimum absolute atomic E-state index is 0.178. The lowest BCUT2D eigenvalue weighted by atomic mass is 10.0. The van der Waals surface area contributed by atoms with Crippen LogP contribution in [0.3, 0.4) is 0 Å². The normalized spacial score (nSPS) is 17.5. The number of carbonyl (C=O) groups is 1. The minimum atomic E-state index is -3.62. The molecule has 4 rings (SSSR count). The fraction of sp³-hybridized carbons (Fsp3) is 0.478. The van der Waals surface area contributed by atoms with Gasteiger partial charge in [0.25, 0.3) is 5.91 Å². The fourth-order valence-corrected chi connectivity index (χ4v) is 6.93. The summed E-state index contributed by atoms with van der Waals surface area (Å²) in [6.07, 6.45) is 9.77. The lowest BCUT2D eigenvalue weighted by Crippen LogP contribution is -2.33. The van der Waals surface area contributed by atoms with Crippen molar-refractivity contribution in [1.82, 2.24) is 9.29 Å². The number of nitrogens with zero attached hydrogens (tertiary/aromatic N) is 3. The van der Waals surface area contributed by atoms with E-state index >= 15 is 0 Å². The zero-order valence-corrected chi connectivity index (χ0v) is 19.4. The van der Waals surface area contributed by atoms with E-state index in [-0.39, 0.29) is 10.8 Å². The summed E-state index contributed by atoms with van der Waals surface area (Å²) in [6.45, 7) is 5.19. The molecule has 1 saturated heterocycles. The van der Waals surface area contributed by atoms with Gasteiger partial charge in [-0.1, -0.05) is 25.0 Å². The van der Waals surface area contributed by atoms with Crippen LogP contribution in [0.1, 0.15) is 59.5 Å². The Morgan fingerprint density at radius 1 is 1.13 bits per heavy atom. The number of aryl methyl sites for hydroxylation is 2. The maximum atomic E-state index is 13.4. The maximum Gasteiger partial charge on any atom is 0.260 e. The van der Waals surface area contributed by atoms with Crippen molar-refractivity contribution in [2.75, 3.05) is 24.5 Å².